The standard InChI is InChI=1S/C13H11N2O/c16-13(12-7-4-8-14-10-12)15-9-11-5-2-1-3-6-11/h1-2,4-8,10H,9H2,(H,15,16). The van der Waals surface area contributed by atoms with E-state index in [-0.39, 0.29) is 5.91 Å². The van der Waals surface area contributed by atoms with Gasteiger partial charge in [-0.15, -0.1) is 0 Å². The Morgan fingerprint density at radius 3 is 3.00 bits per heavy atom. The molecule has 0 aliphatic carbocycles. The third-order valence-electron chi connectivity index (χ3n) is 2.15. The third-order valence-corrected chi connectivity index (χ3v) is 2.15. The van der Waals surface area contributed by atoms with Gasteiger partial charge in [0, 0.05) is 18.9 Å². The van der Waals surface area contributed by atoms with Crippen LogP contribution in [-0.4, -0.2) is 10.9 Å². The van der Waals surface area contributed by atoms with Gasteiger partial charge >= 0.3 is 0 Å². The normalized spacial score (nSPS) is 9.75. The van der Waals surface area contributed by atoms with Crippen LogP contribution in [0.1, 0.15) is 15.9 Å². The lowest BCUT2D eigenvalue weighted by atomic mass is 10.2. The van der Waals surface area contributed by atoms with E-state index in [2.05, 4.69) is 16.4 Å². The molecule has 16 heavy (non-hydrogen) atoms. The highest BCUT2D eigenvalue weighted by Gasteiger charge is 2.03. The number of amides is 1. The van der Waals surface area contributed by atoms with Crippen molar-refractivity contribution in [3.05, 3.63) is 66.0 Å². The van der Waals surface area contributed by atoms with Crippen LogP contribution < -0.4 is 5.32 Å². The van der Waals surface area contributed by atoms with Crippen LogP contribution >= 0.6 is 0 Å². The van der Waals surface area contributed by atoms with Gasteiger partial charge in [0.05, 0.1) is 5.56 Å². The van der Waals surface area contributed by atoms with E-state index in [0.717, 1.165) is 5.56 Å². The van der Waals surface area contributed by atoms with Gasteiger partial charge in [-0.3, -0.25) is 9.78 Å². The Balaban J connectivity index is 1.95. The number of aromatic nitrogens is 1. The number of nitrogens with one attached hydrogen (secondary N) is 1. The lowest BCUT2D eigenvalue weighted by Crippen LogP contribution is -2.22. The fourth-order valence-electron chi connectivity index (χ4n) is 1.32. The van der Waals surface area contributed by atoms with E-state index in [9.17, 15) is 4.79 Å². The molecule has 1 amide bonds. The Morgan fingerprint density at radius 2 is 2.31 bits per heavy atom. The number of rotatable bonds is 3. The van der Waals surface area contributed by atoms with E-state index in [1.807, 2.05) is 24.3 Å². The second-order valence-electron chi connectivity index (χ2n) is 3.34. The van der Waals surface area contributed by atoms with Crippen LogP contribution in [0.2, 0.25) is 0 Å². The van der Waals surface area contributed by atoms with Gasteiger partial charge in [-0.25, -0.2) is 0 Å². The number of pyridine rings is 1. The van der Waals surface area contributed by atoms with E-state index >= 15 is 0 Å². The summed E-state index contributed by atoms with van der Waals surface area (Å²) in [5, 5.41) is 2.82. The van der Waals surface area contributed by atoms with Gasteiger partial charge in [-0.2, -0.15) is 0 Å². The van der Waals surface area contributed by atoms with E-state index in [0.29, 0.717) is 12.1 Å². The highest BCUT2D eigenvalue weighted by Crippen LogP contribution is 1.99. The molecule has 0 atom stereocenters. The van der Waals surface area contributed by atoms with E-state index < -0.39 is 0 Å². The molecule has 0 unspecified atom stereocenters. The molecule has 0 saturated heterocycles. The van der Waals surface area contributed by atoms with Crippen LogP contribution in [0.25, 0.3) is 0 Å². The van der Waals surface area contributed by atoms with Crippen molar-refractivity contribution in [3.8, 4) is 0 Å². The Bertz CT molecular complexity index is 454. The number of hydrogen-bond acceptors (Lipinski definition) is 2. The lowest BCUT2D eigenvalue weighted by molar-refractivity contribution is 0.0950. The van der Waals surface area contributed by atoms with Crippen molar-refractivity contribution >= 4 is 5.91 Å². The van der Waals surface area contributed by atoms with Gasteiger partial charge in [0.2, 0.25) is 0 Å². The summed E-state index contributed by atoms with van der Waals surface area (Å²) in [4.78, 5) is 15.6. The molecule has 2 aromatic rings. The number of carbonyl (C=O) groups excluding carboxylic acids is 1. The number of nitrogens with zero attached hydrogens (tertiary/aromatic N) is 1. The maximum atomic E-state index is 11.7. The molecule has 0 fully saturated rings. The molecule has 79 valence electrons. The Morgan fingerprint density at radius 1 is 1.38 bits per heavy atom. The summed E-state index contributed by atoms with van der Waals surface area (Å²) in [5.41, 5.74) is 1.60. The van der Waals surface area contributed by atoms with Crippen molar-refractivity contribution in [1.82, 2.24) is 10.3 Å². The Hall–Kier alpha value is -2.16. The maximum absolute atomic E-state index is 11.7. The first-order valence-electron chi connectivity index (χ1n) is 4.99. The SMILES string of the molecule is O=C(NCc1c[c]ccc1)c1cccnc1. The monoisotopic (exact) mass is 211 g/mol. The van der Waals surface area contributed by atoms with Crippen LogP contribution in [0.4, 0.5) is 0 Å². The highest BCUT2D eigenvalue weighted by molar-refractivity contribution is 5.93. The van der Waals surface area contributed by atoms with Crippen LogP contribution in [-0.2, 0) is 6.54 Å². The van der Waals surface area contributed by atoms with E-state index in [1.165, 1.54) is 0 Å². The van der Waals surface area contributed by atoms with Gasteiger partial charge in [0.15, 0.2) is 0 Å². The predicted octanol–water partition coefficient (Wildman–Crippen LogP) is 1.81. The molecule has 3 heteroatoms. The minimum Gasteiger partial charge on any atom is -0.348 e. The zero-order valence-electron chi connectivity index (χ0n) is 8.68. The Labute approximate surface area is 94.1 Å². The zero-order chi connectivity index (χ0) is 11.2. The van der Waals surface area contributed by atoms with Crippen molar-refractivity contribution in [1.29, 1.82) is 0 Å². The molecule has 0 aliphatic rings. The number of hydrogen-bond donors (Lipinski definition) is 1. The molecule has 0 aliphatic heterocycles. The smallest absolute Gasteiger partial charge is 0.253 e. The topological polar surface area (TPSA) is 42.0 Å². The molecule has 3 nitrogen and oxygen atoms in total. The molecule has 2 rings (SSSR count). The molecular formula is C13H11N2O. The summed E-state index contributed by atoms with van der Waals surface area (Å²) < 4.78 is 0. The van der Waals surface area contributed by atoms with Crippen LogP contribution in [0.15, 0.2) is 48.8 Å². The Kier molecular flexibility index (Phi) is 3.28. The molecule has 0 saturated carbocycles. The average molecular weight is 211 g/mol. The molecule has 0 spiro atoms. The second-order valence-corrected chi connectivity index (χ2v) is 3.34. The van der Waals surface area contributed by atoms with Gasteiger partial charge in [0.1, 0.15) is 0 Å². The molecule has 1 radical (unpaired) electrons. The molecule has 0 bridgehead atoms. The molecule has 1 aromatic carbocycles. The highest BCUT2D eigenvalue weighted by atomic mass is 16.1. The van der Waals surface area contributed by atoms with Crippen molar-refractivity contribution in [2.75, 3.05) is 0 Å². The maximum Gasteiger partial charge on any atom is 0.253 e. The van der Waals surface area contributed by atoms with Crippen molar-refractivity contribution < 1.29 is 4.79 Å². The lowest BCUT2D eigenvalue weighted by Gasteiger charge is -2.04. The van der Waals surface area contributed by atoms with Crippen molar-refractivity contribution in [2.24, 2.45) is 0 Å². The third kappa shape index (κ3) is 2.67. The number of benzene rings is 1. The second kappa shape index (κ2) is 5.07. The zero-order valence-corrected chi connectivity index (χ0v) is 8.68. The predicted molar refractivity (Wildman–Crippen MR) is 60.7 cm³/mol. The fraction of sp³-hybridized carbons (Fsp3) is 0.0769. The quantitative estimate of drug-likeness (QED) is 0.841. The summed E-state index contributed by atoms with van der Waals surface area (Å²) in [6.45, 7) is 0.505. The first-order chi connectivity index (χ1) is 7.86. The summed E-state index contributed by atoms with van der Waals surface area (Å²) >= 11 is 0. The van der Waals surface area contributed by atoms with Gasteiger partial charge in [0.25, 0.3) is 5.91 Å². The minimum atomic E-state index is -0.114. The van der Waals surface area contributed by atoms with Crippen LogP contribution in [0.5, 0.6) is 0 Å². The first kappa shape index (κ1) is 10.4. The first-order valence-corrected chi connectivity index (χ1v) is 4.99. The average Bonchev–Trinajstić information content (AvgIpc) is 2.38. The summed E-state index contributed by atoms with van der Waals surface area (Å²) in [5.74, 6) is -0.114. The van der Waals surface area contributed by atoms with Crippen LogP contribution in [0, 0.1) is 6.07 Å². The van der Waals surface area contributed by atoms with E-state index in [4.69, 9.17) is 0 Å². The summed E-state index contributed by atoms with van der Waals surface area (Å²) in [6, 6.07) is 14.0. The molecular weight excluding hydrogens is 200 g/mol. The van der Waals surface area contributed by atoms with Crippen molar-refractivity contribution in [3.63, 3.8) is 0 Å². The van der Waals surface area contributed by atoms with Gasteiger partial charge in [-0.1, -0.05) is 18.2 Å². The summed E-state index contributed by atoms with van der Waals surface area (Å²) in [7, 11) is 0. The largest absolute Gasteiger partial charge is 0.348 e. The van der Waals surface area contributed by atoms with Gasteiger partial charge in [-0.05, 0) is 29.8 Å². The summed E-state index contributed by atoms with van der Waals surface area (Å²) in [6.07, 6.45) is 3.19. The van der Waals surface area contributed by atoms with Crippen LogP contribution in [0.3, 0.4) is 0 Å². The fourth-order valence-corrected chi connectivity index (χ4v) is 1.32. The number of carbonyl (C=O) groups is 1. The van der Waals surface area contributed by atoms with Crippen molar-refractivity contribution in [2.45, 2.75) is 6.54 Å². The minimum absolute atomic E-state index is 0.114. The molecule has 1 heterocycles. The molecule has 1 N–H and O–H groups in total. The van der Waals surface area contributed by atoms with E-state index in [1.54, 1.807) is 24.5 Å². The van der Waals surface area contributed by atoms with Gasteiger partial charge < -0.3 is 5.32 Å². The molecule has 1 aromatic heterocycles.